The lowest BCUT2D eigenvalue weighted by Gasteiger charge is -2.20. The van der Waals surface area contributed by atoms with Crippen LogP contribution in [0.4, 0.5) is 5.69 Å². The molecule has 1 aliphatic heterocycles. The summed E-state index contributed by atoms with van der Waals surface area (Å²) in [4.78, 5) is 0.938. The van der Waals surface area contributed by atoms with Gasteiger partial charge in [0.2, 0.25) is 10.0 Å². The fourth-order valence-corrected chi connectivity index (χ4v) is 4.40. The highest BCUT2D eigenvalue weighted by molar-refractivity contribution is 8.00. The van der Waals surface area contributed by atoms with Gasteiger partial charge in [-0.15, -0.1) is 11.8 Å². The first-order chi connectivity index (χ1) is 9.89. The molecule has 0 aromatic heterocycles. The molecule has 0 amide bonds. The van der Waals surface area contributed by atoms with Gasteiger partial charge in [-0.2, -0.15) is 0 Å². The molecule has 1 unspecified atom stereocenters. The van der Waals surface area contributed by atoms with Crippen molar-refractivity contribution in [3.05, 3.63) is 24.3 Å². The maximum Gasteiger partial charge on any atom is 0.212 e. The minimum atomic E-state index is -3.41. The molecule has 1 heterocycles. The third-order valence-corrected chi connectivity index (χ3v) is 5.76. The highest BCUT2D eigenvalue weighted by Crippen LogP contribution is 2.20. The first kappa shape index (κ1) is 16.6. The van der Waals surface area contributed by atoms with Crippen LogP contribution in [-0.2, 0) is 14.8 Å². The van der Waals surface area contributed by atoms with Gasteiger partial charge in [-0.25, -0.2) is 13.1 Å². The predicted octanol–water partition coefficient (Wildman–Crippen LogP) is 0.432. The molecule has 1 aromatic carbocycles. The molecule has 1 aliphatic rings. The Morgan fingerprint density at radius 2 is 2.29 bits per heavy atom. The smallest absolute Gasteiger partial charge is 0.212 e. The van der Waals surface area contributed by atoms with Crippen molar-refractivity contribution in [1.29, 1.82) is 0 Å². The lowest BCUT2D eigenvalue weighted by molar-refractivity contribution is 0.0315. The Balaban J connectivity index is 1.76. The summed E-state index contributed by atoms with van der Waals surface area (Å²) in [6, 6.07) is 7.32. The Hall–Kier alpha value is -0.800. The number of benzene rings is 1. The average Bonchev–Trinajstić information content (AvgIpc) is 2.84. The Kier molecular flexibility index (Phi) is 5.50. The minimum absolute atomic E-state index is 0.00170. The zero-order valence-electron chi connectivity index (χ0n) is 11.6. The third kappa shape index (κ3) is 5.48. The quantitative estimate of drug-likeness (QED) is 0.494. The molecule has 1 aromatic rings. The van der Waals surface area contributed by atoms with Crippen LogP contribution in [0.2, 0.25) is 0 Å². The molecule has 0 aliphatic carbocycles. The number of hydrogen-bond donors (Lipinski definition) is 3. The van der Waals surface area contributed by atoms with Crippen LogP contribution in [0.5, 0.6) is 0 Å². The van der Waals surface area contributed by atoms with Crippen LogP contribution in [0.3, 0.4) is 0 Å². The van der Waals surface area contributed by atoms with Gasteiger partial charge in [0.1, 0.15) is 5.60 Å². The van der Waals surface area contributed by atoms with Crippen molar-refractivity contribution in [3.8, 4) is 0 Å². The first-order valence-corrected chi connectivity index (χ1v) is 9.28. The number of rotatable bonds is 7. The summed E-state index contributed by atoms with van der Waals surface area (Å²) < 4.78 is 31.3. The molecule has 6 nitrogen and oxygen atoms in total. The largest absolute Gasteiger partial charge is 0.399 e. The molecule has 0 saturated carbocycles. The zero-order chi connectivity index (χ0) is 15.3. The Morgan fingerprint density at radius 1 is 1.48 bits per heavy atom. The summed E-state index contributed by atoms with van der Waals surface area (Å²) in [5.41, 5.74) is 5.25. The van der Waals surface area contributed by atoms with E-state index in [1.807, 2.05) is 18.2 Å². The number of ether oxygens (including phenoxy) is 1. The highest BCUT2D eigenvalue weighted by atomic mass is 32.2. The molecule has 0 radical (unpaired) electrons. The minimum Gasteiger partial charge on any atom is -0.399 e. The van der Waals surface area contributed by atoms with E-state index in [9.17, 15) is 13.5 Å². The summed E-state index contributed by atoms with van der Waals surface area (Å²) in [7, 11) is -3.41. The summed E-state index contributed by atoms with van der Waals surface area (Å²) in [5, 5.41) is 10.0. The van der Waals surface area contributed by atoms with E-state index in [1.165, 1.54) is 11.8 Å². The van der Waals surface area contributed by atoms with Gasteiger partial charge >= 0.3 is 0 Å². The monoisotopic (exact) mass is 332 g/mol. The number of nitrogens with two attached hydrogens (primary N) is 1. The number of anilines is 1. The van der Waals surface area contributed by atoms with E-state index in [0.717, 1.165) is 4.90 Å². The second kappa shape index (κ2) is 6.97. The standard InChI is InChI=1S/C13H20N2O4S2/c14-11-2-1-3-12(8-11)20-6-7-21(17,18)15-9-13(16)4-5-19-10-13/h1-3,8,15-16H,4-7,9-10,14H2. The van der Waals surface area contributed by atoms with Crippen molar-refractivity contribution >= 4 is 27.5 Å². The molecule has 0 bridgehead atoms. The van der Waals surface area contributed by atoms with Gasteiger partial charge in [0.05, 0.1) is 12.4 Å². The van der Waals surface area contributed by atoms with Gasteiger partial charge in [0, 0.05) is 35.9 Å². The summed E-state index contributed by atoms with van der Waals surface area (Å²) in [5.74, 6) is 0.414. The molecule has 0 spiro atoms. The lowest BCUT2D eigenvalue weighted by Crippen LogP contribution is -2.44. The van der Waals surface area contributed by atoms with E-state index in [4.69, 9.17) is 10.5 Å². The third-order valence-electron chi connectivity index (χ3n) is 3.18. The fourth-order valence-electron chi connectivity index (χ4n) is 1.93. The van der Waals surface area contributed by atoms with Crippen molar-refractivity contribution in [3.63, 3.8) is 0 Å². The first-order valence-electron chi connectivity index (χ1n) is 6.64. The van der Waals surface area contributed by atoms with Crippen molar-refractivity contribution in [2.24, 2.45) is 0 Å². The van der Waals surface area contributed by atoms with Crippen molar-refractivity contribution in [2.75, 3.05) is 37.0 Å². The van der Waals surface area contributed by atoms with Crippen LogP contribution < -0.4 is 10.5 Å². The molecule has 8 heteroatoms. The van der Waals surface area contributed by atoms with Crippen LogP contribution in [0.25, 0.3) is 0 Å². The van der Waals surface area contributed by atoms with Crippen LogP contribution in [0.15, 0.2) is 29.2 Å². The average molecular weight is 332 g/mol. The summed E-state index contributed by atoms with van der Waals surface area (Å²) >= 11 is 1.43. The van der Waals surface area contributed by atoms with E-state index < -0.39 is 15.6 Å². The number of thioether (sulfide) groups is 1. The van der Waals surface area contributed by atoms with Crippen LogP contribution >= 0.6 is 11.8 Å². The summed E-state index contributed by atoms with van der Waals surface area (Å²) in [6.45, 7) is 0.634. The van der Waals surface area contributed by atoms with Crippen LogP contribution in [0, 0.1) is 0 Å². The predicted molar refractivity (Wildman–Crippen MR) is 83.8 cm³/mol. The van der Waals surface area contributed by atoms with Gasteiger partial charge in [-0.1, -0.05) is 6.07 Å². The van der Waals surface area contributed by atoms with E-state index >= 15 is 0 Å². The van der Waals surface area contributed by atoms with Gasteiger partial charge in [0.25, 0.3) is 0 Å². The van der Waals surface area contributed by atoms with Crippen molar-refractivity contribution in [1.82, 2.24) is 4.72 Å². The molecule has 4 N–H and O–H groups in total. The molecular weight excluding hydrogens is 312 g/mol. The molecule has 1 saturated heterocycles. The van der Waals surface area contributed by atoms with Gasteiger partial charge < -0.3 is 15.6 Å². The topological polar surface area (TPSA) is 102 Å². The lowest BCUT2D eigenvalue weighted by atomic mass is 10.1. The number of nitrogens with one attached hydrogen (secondary N) is 1. The second-order valence-electron chi connectivity index (χ2n) is 5.09. The Bertz CT molecular complexity index is 571. The van der Waals surface area contributed by atoms with E-state index in [1.54, 1.807) is 6.07 Å². The van der Waals surface area contributed by atoms with Crippen LogP contribution in [0.1, 0.15) is 6.42 Å². The van der Waals surface area contributed by atoms with Gasteiger partial charge in [0.15, 0.2) is 0 Å². The highest BCUT2D eigenvalue weighted by Gasteiger charge is 2.33. The molecule has 118 valence electrons. The Morgan fingerprint density at radius 3 is 2.95 bits per heavy atom. The number of sulfonamides is 1. The Labute approximate surface area is 129 Å². The maximum atomic E-state index is 11.9. The molecule has 1 atom stereocenters. The summed E-state index contributed by atoms with van der Waals surface area (Å²) in [6.07, 6.45) is 0.452. The van der Waals surface area contributed by atoms with Crippen LogP contribution in [-0.4, -0.2) is 50.4 Å². The van der Waals surface area contributed by atoms with Gasteiger partial charge in [-0.05, 0) is 18.2 Å². The van der Waals surface area contributed by atoms with Gasteiger partial charge in [-0.3, -0.25) is 0 Å². The number of hydrogen-bond acceptors (Lipinski definition) is 6. The maximum absolute atomic E-state index is 11.9. The SMILES string of the molecule is Nc1cccc(SCCS(=O)(=O)NCC2(O)CCOC2)c1. The molecule has 21 heavy (non-hydrogen) atoms. The normalized spacial score (nSPS) is 22.5. The van der Waals surface area contributed by atoms with Crippen molar-refractivity contribution in [2.45, 2.75) is 16.9 Å². The van der Waals surface area contributed by atoms with E-state index in [0.29, 0.717) is 24.5 Å². The molecular formula is C13H20N2O4S2. The number of aliphatic hydroxyl groups is 1. The number of nitrogen functional groups attached to an aromatic ring is 1. The second-order valence-corrected chi connectivity index (χ2v) is 8.18. The zero-order valence-corrected chi connectivity index (χ0v) is 13.3. The molecule has 1 fully saturated rings. The van der Waals surface area contributed by atoms with Crippen molar-refractivity contribution < 1.29 is 18.3 Å². The fraction of sp³-hybridized carbons (Fsp3) is 0.538. The van der Waals surface area contributed by atoms with E-state index in [-0.39, 0.29) is 18.9 Å². The molecule has 2 rings (SSSR count). The van der Waals surface area contributed by atoms with E-state index in [2.05, 4.69) is 4.72 Å².